The summed E-state index contributed by atoms with van der Waals surface area (Å²) in [6.45, 7) is 1.50. The highest BCUT2D eigenvalue weighted by Gasteiger charge is 2.22. The Labute approximate surface area is 97.1 Å². The summed E-state index contributed by atoms with van der Waals surface area (Å²) in [5.74, 6) is -0.602. The number of carbonyl (C=O) groups excluding carboxylic acids is 1. The zero-order valence-corrected chi connectivity index (χ0v) is 8.97. The number of anilines is 1. The van der Waals surface area contributed by atoms with Crippen LogP contribution in [0.15, 0.2) is 18.2 Å². The number of nitro groups is 1. The van der Waals surface area contributed by atoms with Gasteiger partial charge in [-0.3, -0.25) is 14.9 Å². The van der Waals surface area contributed by atoms with Gasteiger partial charge in [-0.2, -0.15) is 0 Å². The summed E-state index contributed by atoms with van der Waals surface area (Å²) in [7, 11) is 0. The minimum absolute atomic E-state index is 0.0538. The third kappa shape index (κ3) is 2.34. The third-order valence-corrected chi connectivity index (χ3v) is 2.62. The van der Waals surface area contributed by atoms with Crippen LogP contribution >= 0.6 is 0 Å². The Bertz CT molecular complexity index is 471. The molecule has 7 nitrogen and oxygen atoms in total. The van der Waals surface area contributed by atoms with Crippen LogP contribution in [-0.4, -0.2) is 30.0 Å². The zero-order valence-electron chi connectivity index (χ0n) is 8.97. The monoisotopic (exact) mass is 236 g/mol. The summed E-state index contributed by atoms with van der Waals surface area (Å²) in [5, 5.41) is 16.9. The predicted molar refractivity (Wildman–Crippen MR) is 61.9 cm³/mol. The van der Waals surface area contributed by atoms with Gasteiger partial charge in [-0.25, -0.2) is 0 Å². The molecule has 1 heterocycles. The van der Waals surface area contributed by atoms with Crippen LogP contribution in [0.2, 0.25) is 0 Å². The Kier molecular flexibility index (Phi) is 2.92. The first-order valence-electron chi connectivity index (χ1n) is 5.13. The molecule has 0 aliphatic carbocycles. The average Bonchev–Trinajstić information content (AvgIpc) is 2.22. The Hall–Kier alpha value is -2.15. The highest BCUT2D eigenvalue weighted by atomic mass is 16.6. The quantitative estimate of drug-likeness (QED) is 0.506. The molecule has 90 valence electrons. The van der Waals surface area contributed by atoms with Crippen LogP contribution < -0.4 is 16.4 Å². The van der Waals surface area contributed by atoms with Gasteiger partial charge in [0.15, 0.2) is 0 Å². The first-order chi connectivity index (χ1) is 8.08. The largest absolute Gasteiger partial charge is 0.374 e. The van der Waals surface area contributed by atoms with E-state index >= 15 is 0 Å². The molecule has 1 aromatic rings. The maximum absolute atomic E-state index is 11.0. The number of benzene rings is 1. The normalized spacial score (nSPS) is 15.1. The molecular formula is C10H12N4O3. The van der Waals surface area contributed by atoms with Crippen molar-refractivity contribution >= 4 is 17.3 Å². The molecule has 0 saturated carbocycles. The van der Waals surface area contributed by atoms with E-state index in [0.29, 0.717) is 5.69 Å². The van der Waals surface area contributed by atoms with Crippen molar-refractivity contribution in [1.29, 1.82) is 0 Å². The van der Waals surface area contributed by atoms with Gasteiger partial charge in [-0.1, -0.05) is 0 Å². The van der Waals surface area contributed by atoms with Crippen LogP contribution in [0.1, 0.15) is 10.4 Å². The van der Waals surface area contributed by atoms with E-state index in [4.69, 9.17) is 5.73 Å². The number of hydrogen-bond acceptors (Lipinski definition) is 5. The molecule has 1 amide bonds. The highest BCUT2D eigenvalue weighted by Crippen LogP contribution is 2.26. The lowest BCUT2D eigenvalue weighted by atomic mass is 10.1. The van der Waals surface area contributed by atoms with Crippen molar-refractivity contribution in [3.05, 3.63) is 33.9 Å². The summed E-state index contributed by atoms with van der Waals surface area (Å²) in [6, 6.07) is 4.20. The van der Waals surface area contributed by atoms with Crippen LogP contribution in [0.4, 0.5) is 11.4 Å². The predicted octanol–water partition coefficient (Wildman–Crippen LogP) is 0.0774. The molecule has 0 radical (unpaired) electrons. The number of primary amides is 1. The minimum atomic E-state index is -0.602. The lowest BCUT2D eigenvalue weighted by Crippen LogP contribution is -2.51. The van der Waals surface area contributed by atoms with Gasteiger partial charge in [0.05, 0.1) is 11.0 Å². The summed E-state index contributed by atoms with van der Waals surface area (Å²) in [4.78, 5) is 21.4. The van der Waals surface area contributed by atoms with Crippen molar-refractivity contribution in [3.63, 3.8) is 0 Å². The van der Waals surface area contributed by atoms with Crippen molar-refractivity contribution in [1.82, 2.24) is 5.32 Å². The van der Waals surface area contributed by atoms with Gasteiger partial charge < -0.3 is 16.4 Å². The molecule has 2 rings (SSSR count). The van der Waals surface area contributed by atoms with Crippen LogP contribution in [0.25, 0.3) is 0 Å². The maximum atomic E-state index is 11.0. The molecular weight excluding hydrogens is 224 g/mol. The molecule has 0 atom stereocenters. The Morgan fingerprint density at radius 2 is 2.24 bits per heavy atom. The van der Waals surface area contributed by atoms with E-state index in [2.05, 4.69) is 10.6 Å². The van der Waals surface area contributed by atoms with Crippen LogP contribution in [0.3, 0.4) is 0 Å². The van der Waals surface area contributed by atoms with Gasteiger partial charge in [-0.15, -0.1) is 0 Å². The van der Waals surface area contributed by atoms with Crippen molar-refractivity contribution in [2.24, 2.45) is 5.73 Å². The van der Waals surface area contributed by atoms with E-state index in [1.165, 1.54) is 18.2 Å². The van der Waals surface area contributed by atoms with Crippen LogP contribution in [0.5, 0.6) is 0 Å². The van der Waals surface area contributed by atoms with Crippen LogP contribution in [-0.2, 0) is 0 Å². The highest BCUT2D eigenvalue weighted by molar-refractivity contribution is 5.94. The number of amides is 1. The SMILES string of the molecule is NC(=O)c1ccc([N+](=O)[O-])c(NC2CNC2)c1. The molecule has 0 unspecified atom stereocenters. The molecule has 0 bridgehead atoms. The Morgan fingerprint density at radius 3 is 2.71 bits per heavy atom. The lowest BCUT2D eigenvalue weighted by molar-refractivity contribution is -0.384. The second-order valence-corrected chi connectivity index (χ2v) is 3.85. The summed E-state index contributed by atoms with van der Waals surface area (Å²) in [6.07, 6.45) is 0. The number of nitrogens with one attached hydrogen (secondary N) is 2. The fourth-order valence-electron chi connectivity index (χ4n) is 1.57. The van der Waals surface area contributed by atoms with Crippen molar-refractivity contribution in [2.75, 3.05) is 18.4 Å². The first kappa shape index (κ1) is 11.3. The molecule has 1 aliphatic heterocycles. The topological polar surface area (TPSA) is 110 Å². The van der Waals surface area contributed by atoms with Gasteiger partial charge in [0.25, 0.3) is 5.69 Å². The summed E-state index contributed by atoms with van der Waals surface area (Å²) < 4.78 is 0. The second kappa shape index (κ2) is 4.38. The molecule has 17 heavy (non-hydrogen) atoms. The Morgan fingerprint density at radius 1 is 1.53 bits per heavy atom. The molecule has 1 fully saturated rings. The van der Waals surface area contributed by atoms with E-state index in [-0.39, 0.29) is 17.3 Å². The van der Waals surface area contributed by atoms with E-state index in [1.807, 2.05) is 0 Å². The molecule has 1 saturated heterocycles. The molecule has 1 aliphatic rings. The van der Waals surface area contributed by atoms with Gasteiger partial charge in [-0.05, 0) is 12.1 Å². The molecule has 1 aromatic carbocycles. The smallest absolute Gasteiger partial charge is 0.292 e. The summed E-state index contributed by atoms with van der Waals surface area (Å²) >= 11 is 0. The number of nitro benzene ring substituents is 1. The van der Waals surface area contributed by atoms with Crippen molar-refractivity contribution in [3.8, 4) is 0 Å². The van der Waals surface area contributed by atoms with Gasteiger partial charge in [0.1, 0.15) is 5.69 Å². The Balaban J connectivity index is 2.32. The van der Waals surface area contributed by atoms with E-state index in [0.717, 1.165) is 13.1 Å². The van der Waals surface area contributed by atoms with Gasteiger partial charge in [0.2, 0.25) is 5.91 Å². The van der Waals surface area contributed by atoms with Crippen molar-refractivity contribution in [2.45, 2.75) is 6.04 Å². The van der Waals surface area contributed by atoms with E-state index < -0.39 is 10.8 Å². The second-order valence-electron chi connectivity index (χ2n) is 3.85. The standard InChI is InChI=1S/C10H12N4O3/c11-10(15)6-1-2-9(14(16)17)8(3-6)13-7-4-12-5-7/h1-3,7,12-13H,4-5H2,(H2,11,15). The summed E-state index contributed by atoms with van der Waals surface area (Å²) in [5.41, 5.74) is 5.67. The minimum Gasteiger partial charge on any atom is -0.374 e. The average molecular weight is 236 g/mol. The number of nitrogens with zero attached hydrogens (tertiary/aromatic N) is 1. The molecule has 0 spiro atoms. The van der Waals surface area contributed by atoms with Crippen LogP contribution in [0, 0.1) is 10.1 Å². The van der Waals surface area contributed by atoms with Gasteiger partial charge in [0, 0.05) is 24.7 Å². The molecule has 4 N–H and O–H groups in total. The van der Waals surface area contributed by atoms with Crippen molar-refractivity contribution < 1.29 is 9.72 Å². The number of carbonyl (C=O) groups is 1. The molecule has 0 aromatic heterocycles. The maximum Gasteiger partial charge on any atom is 0.292 e. The fraction of sp³-hybridized carbons (Fsp3) is 0.300. The number of rotatable bonds is 4. The number of nitrogens with two attached hydrogens (primary N) is 1. The number of hydrogen-bond donors (Lipinski definition) is 3. The lowest BCUT2D eigenvalue weighted by Gasteiger charge is -2.28. The third-order valence-electron chi connectivity index (χ3n) is 2.62. The van der Waals surface area contributed by atoms with Gasteiger partial charge >= 0.3 is 0 Å². The van der Waals surface area contributed by atoms with E-state index in [1.54, 1.807) is 0 Å². The van der Waals surface area contributed by atoms with E-state index in [9.17, 15) is 14.9 Å². The zero-order chi connectivity index (χ0) is 12.4. The molecule has 7 heteroatoms. The fourth-order valence-corrected chi connectivity index (χ4v) is 1.57. The first-order valence-corrected chi connectivity index (χ1v) is 5.13.